The topological polar surface area (TPSA) is 63.8 Å². The van der Waals surface area contributed by atoms with Crippen LogP contribution >= 0.6 is 0 Å². The fourth-order valence-electron chi connectivity index (χ4n) is 1.87. The SMILES string of the molecule is CCCNC(CC)Cc1nc(-c2ccc(F)cn2)no1. The first kappa shape index (κ1) is 14.6. The number of aromatic nitrogens is 3. The average molecular weight is 278 g/mol. The molecule has 108 valence electrons. The summed E-state index contributed by atoms with van der Waals surface area (Å²) in [5, 5.41) is 7.32. The molecule has 6 heteroatoms. The summed E-state index contributed by atoms with van der Waals surface area (Å²) < 4.78 is 18.0. The van der Waals surface area contributed by atoms with E-state index in [0.29, 0.717) is 29.9 Å². The number of hydrogen-bond acceptors (Lipinski definition) is 5. The largest absolute Gasteiger partial charge is 0.339 e. The third-order valence-electron chi connectivity index (χ3n) is 3.02. The van der Waals surface area contributed by atoms with E-state index in [-0.39, 0.29) is 5.82 Å². The van der Waals surface area contributed by atoms with Gasteiger partial charge in [-0.1, -0.05) is 19.0 Å². The van der Waals surface area contributed by atoms with Gasteiger partial charge in [-0.25, -0.2) is 9.37 Å². The highest BCUT2D eigenvalue weighted by Crippen LogP contribution is 2.14. The Morgan fingerprint density at radius 2 is 2.20 bits per heavy atom. The van der Waals surface area contributed by atoms with Crippen LogP contribution in [0.2, 0.25) is 0 Å². The van der Waals surface area contributed by atoms with Crippen LogP contribution in [0.5, 0.6) is 0 Å². The van der Waals surface area contributed by atoms with Crippen LogP contribution in [0.15, 0.2) is 22.9 Å². The van der Waals surface area contributed by atoms with Gasteiger partial charge in [0, 0.05) is 12.5 Å². The molecule has 0 saturated carbocycles. The van der Waals surface area contributed by atoms with Crippen LogP contribution in [0, 0.1) is 5.82 Å². The monoisotopic (exact) mass is 278 g/mol. The molecule has 2 rings (SSSR count). The summed E-state index contributed by atoms with van der Waals surface area (Å²) in [6, 6.07) is 3.19. The average Bonchev–Trinajstić information content (AvgIpc) is 2.92. The first-order valence-electron chi connectivity index (χ1n) is 6.90. The van der Waals surface area contributed by atoms with E-state index >= 15 is 0 Å². The second kappa shape index (κ2) is 7.09. The summed E-state index contributed by atoms with van der Waals surface area (Å²) in [5.41, 5.74) is 0.510. The Bertz CT molecular complexity index is 526. The number of nitrogens with zero attached hydrogens (tertiary/aromatic N) is 3. The van der Waals surface area contributed by atoms with Crippen LogP contribution in [0.1, 0.15) is 32.6 Å². The quantitative estimate of drug-likeness (QED) is 0.843. The number of pyridine rings is 1. The molecule has 0 aliphatic carbocycles. The van der Waals surface area contributed by atoms with Gasteiger partial charge in [0.05, 0.1) is 6.20 Å². The van der Waals surface area contributed by atoms with Crippen molar-refractivity contribution in [2.45, 2.75) is 39.2 Å². The van der Waals surface area contributed by atoms with Crippen LogP contribution in [0.25, 0.3) is 11.5 Å². The first-order valence-corrected chi connectivity index (χ1v) is 6.90. The normalized spacial score (nSPS) is 12.6. The predicted molar refractivity (Wildman–Crippen MR) is 73.6 cm³/mol. The second-order valence-corrected chi connectivity index (χ2v) is 4.64. The maximum absolute atomic E-state index is 12.8. The van der Waals surface area contributed by atoms with E-state index in [9.17, 15) is 4.39 Å². The second-order valence-electron chi connectivity index (χ2n) is 4.64. The lowest BCUT2D eigenvalue weighted by Crippen LogP contribution is -2.31. The number of nitrogens with one attached hydrogen (secondary N) is 1. The summed E-state index contributed by atoms with van der Waals surface area (Å²) in [6.45, 7) is 5.22. The molecule has 0 spiro atoms. The fourth-order valence-corrected chi connectivity index (χ4v) is 1.87. The lowest BCUT2D eigenvalue weighted by molar-refractivity contribution is 0.354. The molecule has 1 N–H and O–H groups in total. The third-order valence-corrected chi connectivity index (χ3v) is 3.02. The van der Waals surface area contributed by atoms with E-state index in [4.69, 9.17) is 4.52 Å². The van der Waals surface area contributed by atoms with Crippen LogP contribution in [-0.4, -0.2) is 27.7 Å². The molecule has 2 aromatic rings. The minimum atomic E-state index is -0.382. The standard InChI is InChI=1S/C14H19FN4O/c1-3-7-16-11(4-2)8-13-18-14(19-20-13)12-6-5-10(15)9-17-12/h5-6,9,11,16H,3-4,7-8H2,1-2H3. The lowest BCUT2D eigenvalue weighted by Gasteiger charge is -2.13. The number of hydrogen-bond donors (Lipinski definition) is 1. The van der Waals surface area contributed by atoms with Gasteiger partial charge < -0.3 is 9.84 Å². The van der Waals surface area contributed by atoms with Crippen LogP contribution in [0.3, 0.4) is 0 Å². The molecule has 5 nitrogen and oxygen atoms in total. The smallest absolute Gasteiger partial charge is 0.228 e. The van der Waals surface area contributed by atoms with E-state index < -0.39 is 0 Å². The fraction of sp³-hybridized carbons (Fsp3) is 0.500. The lowest BCUT2D eigenvalue weighted by atomic mass is 10.1. The Morgan fingerprint density at radius 1 is 1.35 bits per heavy atom. The van der Waals surface area contributed by atoms with Gasteiger partial charge >= 0.3 is 0 Å². The Morgan fingerprint density at radius 3 is 2.85 bits per heavy atom. The molecular formula is C14H19FN4O. The van der Waals surface area contributed by atoms with E-state index in [2.05, 4.69) is 34.3 Å². The minimum Gasteiger partial charge on any atom is -0.339 e. The molecule has 0 saturated heterocycles. The van der Waals surface area contributed by atoms with Gasteiger partial charge in [0.25, 0.3) is 0 Å². The maximum atomic E-state index is 12.8. The Labute approximate surface area is 117 Å². The minimum absolute atomic E-state index is 0.324. The predicted octanol–water partition coefficient (Wildman–Crippen LogP) is 2.59. The van der Waals surface area contributed by atoms with Gasteiger partial charge in [-0.05, 0) is 31.5 Å². The van der Waals surface area contributed by atoms with Crippen molar-refractivity contribution < 1.29 is 8.91 Å². The van der Waals surface area contributed by atoms with Crippen LogP contribution in [0.4, 0.5) is 4.39 Å². The molecule has 0 aromatic carbocycles. The zero-order chi connectivity index (χ0) is 14.4. The molecule has 0 radical (unpaired) electrons. The summed E-state index contributed by atoms with van der Waals surface area (Å²) in [4.78, 5) is 8.24. The van der Waals surface area contributed by atoms with Crippen molar-refractivity contribution in [1.82, 2.24) is 20.4 Å². The van der Waals surface area contributed by atoms with Crippen molar-refractivity contribution in [1.29, 1.82) is 0 Å². The highest BCUT2D eigenvalue weighted by atomic mass is 19.1. The molecule has 2 heterocycles. The molecule has 0 aliphatic rings. The molecule has 20 heavy (non-hydrogen) atoms. The van der Waals surface area contributed by atoms with Gasteiger partial charge in [-0.15, -0.1) is 0 Å². The van der Waals surface area contributed by atoms with E-state index in [1.165, 1.54) is 12.1 Å². The highest BCUT2D eigenvalue weighted by Gasteiger charge is 2.14. The van der Waals surface area contributed by atoms with Gasteiger partial charge in [0.1, 0.15) is 11.5 Å². The number of halogens is 1. The van der Waals surface area contributed by atoms with Gasteiger partial charge in [-0.2, -0.15) is 4.98 Å². The van der Waals surface area contributed by atoms with E-state index in [1.807, 2.05) is 0 Å². The molecule has 1 unspecified atom stereocenters. The first-order chi connectivity index (χ1) is 9.72. The van der Waals surface area contributed by atoms with Crippen molar-refractivity contribution in [2.24, 2.45) is 0 Å². The molecule has 0 amide bonds. The molecule has 0 fully saturated rings. The van der Waals surface area contributed by atoms with E-state index in [1.54, 1.807) is 0 Å². The van der Waals surface area contributed by atoms with Crippen LogP contribution in [-0.2, 0) is 6.42 Å². The van der Waals surface area contributed by atoms with Crippen LogP contribution < -0.4 is 5.32 Å². The zero-order valence-corrected chi connectivity index (χ0v) is 11.8. The maximum Gasteiger partial charge on any atom is 0.228 e. The molecular weight excluding hydrogens is 259 g/mol. The summed E-state index contributed by atoms with van der Waals surface area (Å²) in [6.07, 6.45) is 3.91. The zero-order valence-electron chi connectivity index (χ0n) is 11.8. The van der Waals surface area contributed by atoms with Gasteiger partial charge in [0.2, 0.25) is 11.7 Å². The molecule has 1 atom stereocenters. The number of rotatable bonds is 7. The Balaban J connectivity index is 2.02. The van der Waals surface area contributed by atoms with Gasteiger partial charge in [0.15, 0.2) is 0 Å². The Hall–Kier alpha value is -1.82. The molecule has 0 bridgehead atoms. The van der Waals surface area contributed by atoms with Crippen molar-refractivity contribution in [2.75, 3.05) is 6.54 Å². The summed E-state index contributed by atoms with van der Waals surface area (Å²) in [7, 11) is 0. The van der Waals surface area contributed by atoms with E-state index in [0.717, 1.165) is 25.6 Å². The molecule has 0 aliphatic heterocycles. The van der Waals surface area contributed by atoms with Crippen molar-refractivity contribution in [3.63, 3.8) is 0 Å². The van der Waals surface area contributed by atoms with Crippen molar-refractivity contribution in [3.8, 4) is 11.5 Å². The highest BCUT2D eigenvalue weighted by molar-refractivity contribution is 5.47. The molecule has 2 aromatic heterocycles. The van der Waals surface area contributed by atoms with Crippen molar-refractivity contribution >= 4 is 0 Å². The third kappa shape index (κ3) is 3.84. The Kier molecular flexibility index (Phi) is 5.17. The van der Waals surface area contributed by atoms with Crippen molar-refractivity contribution in [3.05, 3.63) is 30.0 Å². The summed E-state index contributed by atoms with van der Waals surface area (Å²) in [5.74, 6) is 0.583. The summed E-state index contributed by atoms with van der Waals surface area (Å²) >= 11 is 0. The van der Waals surface area contributed by atoms with Gasteiger partial charge in [-0.3, -0.25) is 0 Å².